The Morgan fingerprint density at radius 1 is 1.11 bits per heavy atom. The van der Waals surface area contributed by atoms with Crippen LogP contribution in [0.4, 0.5) is 0 Å². The minimum Gasteiger partial charge on any atom is -0.497 e. The maximum atomic E-state index is 5.50. The highest BCUT2D eigenvalue weighted by Crippen LogP contribution is 2.36. The molecule has 0 unspecified atom stereocenters. The highest BCUT2D eigenvalue weighted by molar-refractivity contribution is 7.98. The minimum atomic E-state index is 0.728. The number of aromatic nitrogens is 4. The van der Waals surface area contributed by atoms with Crippen molar-refractivity contribution < 1.29 is 9.47 Å². The summed E-state index contributed by atoms with van der Waals surface area (Å²) in [5.74, 6) is 3.13. The fourth-order valence-corrected chi connectivity index (χ4v) is 5.17. The van der Waals surface area contributed by atoms with E-state index < -0.39 is 0 Å². The lowest BCUT2D eigenvalue weighted by atomic mass is 10.2. The van der Waals surface area contributed by atoms with Crippen molar-refractivity contribution in [2.45, 2.75) is 10.9 Å². The first kappa shape index (κ1) is 19.0. The normalized spacial score (nSPS) is 11.0. The molecule has 0 amide bonds. The quantitative estimate of drug-likeness (QED) is 0.386. The first-order valence-electron chi connectivity index (χ1n) is 8.42. The van der Waals surface area contributed by atoms with E-state index in [0.29, 0.717) is 0 Å². The summed E-state index contributed by atoms with van der Waals surface area (Å²) < 4.78 is 12.8. The summed E-state index contributed by atoms with van der Waals surface area (Å²) in [6, 6.07) is 9.84. The largest absolute Gasteiger partial charge is 0.497 e. The van der Waals surface area contributed by atoms with Crippen molar-refractivity contribution in [2.75, 3.05) is 14.2 Å². The third-order valence-corrected chi connectivity index (χ3v) is 6.96. The van der Waals surface area contributed by atoms with Crippen molar-refractivity contribution >= 4 is 34.4 Å². The van der Waals surface area contributed by atoms with Crippen molar-refractivity contribution in [1.29, 1.82) is 0 Å². The van der Waals surface area contributed by atoms with Crippen LogP contribution in [-0.4, -0.2) is 34.0 Å². The maximum absolute atomic E-state index is 5.50. The molecule has 0 aliphatic carbocycles. The number of hydrogen-bond donors (Lipinski definition) is 0. The third-order valence-electron chi connectivity index (χ3n) is 4.12. The standard InChI is InChI=1S/C19H18N4O2S3/c1-23-17(16-5-4-8-26-16)21-22-19(23)28-11-12-10-27-18(20-12)14-7-6-13(24-2)9-15(14)25-3/h4-10H,11H2,1-3H3. The molecule has 0 spiro atoms. The van der Waals surface area contributed by atoms with Crippen molar-refractivity contribution in [3.8, 4) is 32.8 Å². The Balaban J connectivity index is 1.49. The van der Waals surface area contributed by atoms with E-state index in [1.807, 2.05) is 41.3 Å². The predicted molar refractivity (Wildman–Crippen MR) is 115 cm³/mol. The Labute approximate surface area is 175 Å². The Hall–Kier alpha value is -2.36. The van der Waals surface area contributed by atoms with Crippen molar-refractivity contribution in [3.63, 3.8) is 0 Å². The monoisotopic (exact) mass is 430 g/mol. The van der Waals surface area contributed by atoms with Gasteiger partial charge in [-0.05, 0) is 23.6 Å². The first-order chi connectivity index (χ1) is 13.7. The molecule has 0 saturated heterocycles. The second-order valence-corrected chi connectivity index (χ2v) is 8.59. The van der Waals surface area contributed by atoms with Gasteiger partial charge in [0, 0.05) is 24.2 Å². The van der Waals surface area contributed by atoms with E-state index in [-0.39, 0.29) is 0 Å². The highest BCUT2D eigenvalue weighted by Gasteiger charge is 2.15. The topological polar surface area (TPSA) is 62.1 Å². The van der Waals surface area contributed by atoms with Crippen molar-refractivity contribution in [2.24, 2.45) is 7.05 Å². The number of hydrogen-bond acceptors (Lipinski definition) is 8. The molecule has 0 saturated carbocycles. The van der Waals surface area contributed by atoms with E-state index in [9.17, 15) is 0 Å². The fraction of sp³-hybridized carbons (Fsp3) is 0.211. The van der Waals surface area contributed by atoms with Gasteiger partial charge in [-0.15, -0.1) is 32.9 Å². The molecule has 0 aliphatic rings. The Kier molecular flexibility index (Phi) is 5.65. The Morgan fingerprint density at radius 3 is 2.75 bits per heavy atom. The number of thiazole rings is 1. The van der Waals surface area contributed by atoms with Crippen LogP contribution >= 0.6 is 34.4 Å². The molecule has 144 valence electrons. The molecule has 4 aromatic rings. The van der Waals surface area contributed by atoms with Gasteiger partial charge in [0.15, 0.2) is 11.0 Å². The van der Waals surface area contributed by atoms with Gasteiger partial charge in [-0.25, -0.2) is 4.98 Å². The third kappa shape index (κ3) is 3.78. The SMILES string of the molecule is COc1ccc(-c2nc(CSc3nnc(-c4cccs4)n3C)cs2)c(OC)c1. The summed E-state index contributed by atoms with van der Waals surface area (Å²) in [5, 5.41) is 14.6. The summed E-state index contributed by atoms with van der Waals surface area (Å²) in [6.07, 6.45) is 0. The molecule has 0 N–H and O–H groups in total. The van der Waals surface area contributed by atoms with E-state index in [1.54, 1.807) is 48.7 Å². The van der Waals surface area contributed by atoms with Crippen LogP contribution in [0, 0.1) is 0 Å². The molecular formula is C19H18N4O2S3. The van der Waals surface area contributed by atoms with Gasteiger partial charge >= 0.3 is 0 Å². The van der Waals surface area contributed by atoms with E-state index in [1.165, 1.54) is 0 Å². The minimum absolute atomic E-state index is 0.728. The van der Waals surface area contributed by atoms with E-state index in [4.69, 9.17) is 14.5 Å². The number of rotatable bonds is 7. The van der Waals surface area contributed by atoms with Gasteiger partial charge in [0.05, 0.1) is 30.4 Å². The highest BCUT2D eigenvalue weighted by atomic mass is 32.2. The molecule has 0 radical (unpaired) electrons. The molecule has 3 heterocycles. The average Bonchev–Trinajstić information content (AvgIpc) is 3.47. The zero-order valence-corrected chi connectivity index (χ0v) is 18.0. The molecule has 4 rings (SSSR count). The molecule has 0 bridgehead atoms. The molecule has 6 nitrogen and oxygen atoms in total. The maximum Gasteiger partial charge on any atom is 0.191 e. The Bertz CT molecular complexity index is 1070. The second kappa shape index (κ2) is 8.34. The summed E-state index contributed by atoms with van der Waals surface area (Å²) in [7, 11) is 5.29. The number of nitrogens with zero attached hydrogens (tertiary/aromatic N) is 4. The smallest absolute Gasteiger partial charge is 0.191 e. The van der Waals surface area contributed by atoms with Crippen LogP contribution in [0.5, 0.6) is 11.5 Å². The molecule has 0 aliphatic heterocycles. The van der Waals surface area contributed by atoms with Crippen LogP contribution in [0.2, 0.25) is 0 Å². The van der Waals surface area contributed by atoms with Crippen LogP contribution in [0.15, 0.2) is 46.2 Å². The summed E-state index contributed by atoms with van der Waals surface area (Å²) in [5.41, 5.74) is 1.96. The van der Waals surface area contributed by atoms with Crippen LogP contribution in [0.3, 0.4) is 0 Å². The van der Waals surface area contributed by atoms with Crippen LogP contribution in [-0.2, 0) is 12.8 Å². The average molecular weight is 431 g/mol. The van der Waals surface area contributed by atoms with Gasteiger partial charge in [0.25, 0.3) is 0 Å². The van der Waals surface area contributed by atoms with Crippen molar-refractivity contribution in [1.82, 2.24) is 19.7 Å². The van der Waals surface area contributed by atoms with Gasteiger partial charge in [-0.1, -0.05) is 17.8 Å². The summed E-state index contributed by atoms with van der Waals surface area (Å²) >= 11 is 4.89. The lowest BCUT2D eigenvalue weighted by molar-refractivity contribution is 0.395. The molecule has 28 heavy (non-hydrogen) atoms. The van der Waals surface area contributed by atoms with Crippen LogP contribution in [0.1, 0.15) is 5.69 Å². The molecule has 3 aromatic heterocycles. The Morgan fingerprint density at radius 2 is 2.00 bits per heavy atom. The second-order valence-electron chi connectivity index (χ2n) is 5.84. The zero-order valence-electron chi connectivity index (χ0n) is 15.6. The first-order valence-corrected chi connectivity index (χ1v) is 11.2. The molecule has 1 aromatic carbocycles. The molecule has 9 heteroatoms. The summed E-state index contributed by atoms with van der Waals surface area (Å²) in [4.78, 5) is 5.88. The lowest BCUT2D eigenvalue weighted by Crippen LogP contribution is -1.94. The van der Waals surface area contributed by atoms with Crippen molar-refractivity contribution in [3.05, 3.63) is 46.8 Å². The fourth-order valence-electron chi connectivity index (χ4n) is 2.67. The molecule has 0 atom stereocenters. The van der Waals surface area contributed by atoms with Crippen LogP contribution in [0.25, 0.3) is 21.3 Å². The van der Waals surface area contributed by atoms with Crippen LogP contribution < -0.4 is 9.47 Å². The summed E-state index contributed by atoms with van der Waals surface area (Å²) in [6.45, 7) is 0. The van der Waals surface area contributed by atoms with Gasteiger partial charge in [0.1, 0.15) is 16.5 Å². The van der Waals surface area contributed by atoms with Gasteiger partial charge in [0.2, 0.25) is 0 Å². The number of benzene rings is 1. The number of thioether (sulfide) groups is 1. The van der Waals surface area contributed by atoms with E-state index in [0.717, 1.165) is 49.4 Å². The predicted octanol–water partition coefficient (Wildman–Crippen LogP) is 4.98. The van der Waals surface area contributed by atoms with E-state index in [2.05, 4.69) is 21.6 Å². The molecule has 0 fully saturated rings. The van der Waals surface area contributed by atoms with Gasteiger partial charge in [-0.3, -0.25) is 0 Å². The zero-order chi connectivity index (χ0) is 19.5. The van der Waals surface area contributed by atoms with Gasteiger partial charge < -0.3 is 14.0 Å². The lowest BCUT2D eigenvalue weighted by Gasteiger charge is -2.08. The van der Waals surface area contributed by atoms with Gasteiger partial charge in [-0.2, -0.15) is 0 Å². The number of methoxy groups -OCH3 is 2. The van der Waals surface area contributed by atoms with E-state index >= 15 is 0 Å². The number of ether oxygens (including phenoxy) is 2. The molecular weight excluding hydrogens is 412 g/mol. The number of thiophene rings is 1.